The average molecular weight is 522 g/mol. The van der Waals surface area contributed by atoms with Gasteiger partial charge in [-0.05, 0) is 60.6 Å². The quantitative estimate of drug-likeness (QED) is 0.337. The fourth-order valence-corrected chi connectivity index (χ4v) is 5.09. The zero-order chi connectivity index (χ0) is 26.8. The molecular formula is C32H31N3O4. The number of benzene rings is 3. The molecule has 1 saturated carbocycles. The van der Waals surface area contributed by atoms with Crippen LogP contribution in [0.15, 0.2) is 83.5 Å². The number of aryl methyl sites for hydroxylation is 1. The lowest BCUT2D eigenvalue weighted by atomic mass is 9.87. The molecule has 0 saturated heterocycles. The van der Waals surface area contributed by atoms with Crippen LogP contribution < -0.4 is 10.1 Å². The molecule has 1 unspecified atom stereocenters. The molecule has 1 fully saturated rings. The van der Waals surface area contributed by atoms with Crippen molar-refractivity contribution in [2.75, 3.05) is 6.54 Å². The van der Waals surface area contributed by atoms with E-state index >= 15 is 0 Å². The van der Waals surface area contributed by atoms with Gasteiger partial charge in [0.15, 0.2) is 12.3 Å². The molecule has 0 radical (unpaired) electrons. The largest absolute Gasteiger partial charge is 0.484 e. The van der Waals surface area contributed by atoms with Crippen LogP contribution in [0, 0.1) is 12.8 Å². The topological polar surface area (TPSA) is 84.7 Å². The van der Waals surface area contributed by atoms with Crippen molar-refractivity contribution in [1.82, 2.24) is 15.2 Å². The summed E-state index contributed by atoms with van der Waals surface area (Å²) in [6, 6.07) is 24.0. The van der Waals surface area contributed by atoms with Gasteiger partial charge >= 0.3 is 0 Å². The number of fused-ring (bicyclic) bond motifs is 1. The van der Waals surface area contributed by atoms with Gasteiger partial charge in [0.05, 0.1) is 6.04 Å². The van der Waals surface area contributed by atoms with Crippen molar-refractivity contribution in [2.45, 2.75) is 45.4 Å². The second kappa shape index (κ2) is 10.8. The van der Waals surface area contributed by atoms with Crippen LogP contribution in [0.4, 0.5) is 0 Å². The first kappa shape index (κ1) is 24.9. The predicted octanol–water partition coefficient (Wildman–Crippen LogP) is 5.38. The molecule has 7 nitrogen and oxygen atoms in total. The molecule has 3 aromatic carbocycles. The molecule has 198 valence electrons. The van der Waals surface area contributed by atoms with Gasteiger partial charge in [0.25, 0.3) is 5.91 Å². The number of nitrogens with zero attached hydrogens (tertiary/aromatic N) is 2. The Morgan fingerprint density at radius 2 is 1.85 bits per heavy atom. The number of carbonyl (C=O) groups is 2. The summed E-state index contributed by atoms with van der Waals surface area (Å²) in [5, 5.41) is 2.85. The molecule has 39 heavy (non-hydrogen) atoms. The highest BCUT2D eigenvalue weighted by Gasteiger charge is 2.39. The number of aromatic nitrogens is 1. The molecule has 0 spiro atoms. The summed E-state index contributed by atoms with van der Waals surface area (Å²) in [4.78, 5) is 32.1. The molecule has 7 heteroatoms. The number of ether oxygens (including phenoxy) is 1. The van der Waals surface area contributed by atoms with Crippen LogP contribution in [0.25, 0.3) is 0 Å². The lowest BCUT2D eigenvalue weighted by molar-refractivity contribution is -0.134. The van der Waals surface area contributed by atoms with Crippen molar-refractivity contribution >= 4 is 11.8 Å². The third-order valence-electron chi connectivity index (χ3n) is 7.39. The van der Waals surface area contributed by atoms with E-state index in [0.29, 0.717) is 24.7 Å². The van der Waals surface area contributed by atoms with Gasteiger partial charge in [0, 0.05) is 19.0 Å². The number of oxazole rings is 1. The zero-order valence-corrected chi connectivity index (χ0v) is 21.9. The standard InChI is InChI=1S/C32H31N3O4/c1-21-7-9-24(10-8-21)30-27-17-26(14-13-23(27)15-16-35(30)32(37)25-11-12-25)38-20-29-34-28(19-39-29)31(36)33-18-22-5-3-2-4-6-22/h2-10,13-14,17,19,25,30H,11-12,15-16,18,20H2,1H3,(H,33,36). The Morgan fingerprint density at radius 3 is 2.62 bits per heavy atom. The molecule has 1 aliphatic heterocycles. The molecule has 6 rings (SSSR count). The smallest absolute Gasteiger partial charge is 0.273 e. The van der Waals surface area contributed by atoms with E-state index in [9.17, 15) is 9.59 Å². The average Bonchev–Trinajstić information content (AvgIpc) is 3.72. The van der Waals surface area contributed by atoms with Crippen molar-refractivity contribution in [1.29, 1.82) is 0 Å². The van der Waals surface area contributed by atoms with Crippen LogP contribution in [0.2, 0.25) is 0 Å². The molecular weight excluding hydrogens is 490 g/mol. The summed E-state index contributed by atoms with van der Waals surface area (Å²) in [6.45, 7) is 3.28. The number of amides is 2. The van der Waals surface area contributed by atoms with Crippen LogP contribution in [0.3, 0.4) is 0 Å². The Labute approximate surface area is 227 Å². The summed E-state index contributed by atoms with van der Waals surface area (Å²) >= 11 is 0. The van der Waals surface area contributed by atoms with E-state index in [4.69, 9.17) is 9.15 Å². The van der Waals surface area contributed by atoms with Gasteiger partial charge in [-0.3, -0.25) is 9.59 Å². The number of hydrogen-bond donors (Lipinski definition) is 1. The van der Waals surface area contributed by atoms with E-state index in [0.717, 1.165) is 36.0 Å². The normalized spacial score (nSPS) is 16.4. The maximum atomic E-state index is 13.2. The molecule has 2 heterocycles. The molecule has 1 aromatic heterocycles. The van der Waals surface area contributed by atoms with Crippen molar-refractivity contribution in [3.63, 3.8) is 0 Å². The summed E-state index contributed by atoms with van der Waals surface area (Å²) in [7, 11) is 0. The van der Waals surface area contributed by atoms with Gasteiger partial charge in [0.1, 0.15) is 12.0 Å². The monoisotopic (exact) mass is 521 g/mol. The van der Waals surface area contributed by atoms with E-state index in [2.05, 4.69) is 47.6 Å². The highest BCUT2D eigenvalue weighted by atomic mass is 16.5. The fourth-order valence-electron chi connectivity index (χ4n) is 5.09. The third-order valence-corrected chi connectivity index (χ3v) is 7.39. The van der Waals surface area contributed by atoms with Gasteiger partial charge < -0.3 is 19.4 Å². The van der Waals surface area contributed by atoms with Crippen LogP contribution in [0.1, 0.15) is 63.1 Å². The van der Waals surface area contributed by atoms with Crippen molar-refractivity contribution in [3.05, 3.63) is 118 Å². The highest BCUT2D eigenvalue weighted by Crippen LogP contribution is 2.41. The Bertz CT molecular complexity index is 1480. The summed E-state index contributed by atoms with van der Waals surface area (Å²) in [5.41, 5.74) is 5.82. The number of carbonyl (C=O) groups excluding carboxylic acids is 2. The minimum atomic E-state index is -0.302. The molecule has 2 aliphatic rings. The van der Waals surface area contributed by atoms with Gasteiger partial charge in [-0.1, -0.05) is 66.2 Å². The van der Waals surface area contributed by atoms with E-state index in [1.165, 1.54) is 17.4 Å². The summed E-state index contributed by atoms with van der Waals surface area (Å²) in [5.74, 6) is 1.08. The van der Waals surface area contributed by atoms with Crippen molar-refractivity contribution in [2.24, 2.45) is 5.92 Å². The number of rotatable bonds is 8. The third kappa shape index (κ3) is 5.58. The second-order valence-corrected chi connectivity index (χ2v) is 10.3. The first-order valence-electron chi connectivity index (χ1n) is 13.4. The van der Waals surface area contributed by atoms with E-state index in [1.807, 2.05) is 47.4 Å². The lowest BCUT2D eigenvalue weighted by Gasteiger charge is -2.38. The predicted molar refractivity (Wildman–Crippen MR) is 146 cm³/mol. The lowest BCUT2D eigenvalue weighted by Crippen LogP contribution is -2.41. The maximum Gasteiger partial charge on any atom is 0.273 e. The van der Waals surface area contributed by atoms with Gasteiger partial charge in [0.2, 0.25) is 11.8 Å². The number of hydrogen-bond acceptors (Lipinski definition) is 5. The first-order chi connectivity index (χ1) is 19.0. The Kier molecular flexibility index (Phi) is 6.88. The van der Waals surface area contributed by atoms with E-state index in [-0.39, 0.29) is 36.1 Å². The molecule has 1 N–H and O–H groups in total. The minimum Gasteiger partial charge on any atom is -0.484 e. The molecule has 1 atom stereocenters. The first-order valence-corrected chi connectivity index (χ1v) is 13.4. The summed E-state index contributed by atoms with van der Waals surface area (Å²) < 4.78 is 11.6. The second-order valence-electron chi connectivity index (χ2n) is 10.3. The van der Waals surface area contributed by atoms with Crippen LogP contribution in [-0.2, 0) is 24.4 Å². The molecule has 2 amide bonds. The Balaban J connectivity index is 1.17. The maximum absolute atomic E-state index is 13.2. The van der Waals surface area contributed by atoms with Gasteiger partial charge in [-0.15, -0.1) is 0 Å². The van der Waals surface area contributed by atoms with Crippen molar-refractivity contribution in [3.8, 4) is 5.75 Å². The Hall–Kier alpha value is -4.39. The molecule has 0 bridgehead atoms. The molecule has 4 aromatic rings. The van der Waals surface area contributed by atoms with Crippen LogP contribution >= 0.6 is 0 Å². The van der Waals surface area contributed by atoms with Crippen LogP contribution in [-0.4, -0.2) is 28.2 Å². The van der Waals surface area contributed by atoms with E-state index in [1.54, 1.807) is 0 Å². The van der Waals surface area contributed by atoms with Gasteiger partial charge in [-0.2, -0.15) is 0 Å². The number of nitrogens with one attached hydrogen (secondary N) is 1. The van der Waals surface area contributed by atoms with Crippen LogP contribution in [0.5, 0.6) is 5.75 Å². The highest BCUT2D eigenvalue weighted by molar-refractivity contribution is 5.91. The zero-order valence-electron chi connectivity index (χ0n) is 21.9. The minimum absolute atomic E-state index is 0.0880. The Morgan fingerprint density at radius 1 is 1.05 bits per heavy atom. The van der Waals surface area contributed by atoms with E-state index < -0.39 is 0 Å². The van der Waals surface area contributed by atoms with Gasteiger partial charge in [-0.25, -0.2) is 4.98 Å². The fraction of sp³-hybridized carbons (Fsp3) is 0.281. The SMILES string of the molecule is Cc1ccc(C2c3cc(OCc4nc(C(=O)NCc5ccccc5)co4)ccc3CCN2C(=O)C2CC2)cc1. The molecule has 1 aliphatic carbocycles. The summed E-state index contributed by atoms with van der Waals surface area (Å²) in [6.07, 6.45) is 4.13. The van der Waals surface area contributed by atoms with Crippen molar-refractivity contribution < 1.29 is 18.7 Å².